The maximum Gasteiger partial charge on any atom is 0.471 e. The maximum absolute atomic E-state index is 12.8. The number of nitrogens with zero attached hydrogens (tertiary/aromatic N) is 5. The molecular weight excluding hydrogens is 487 g/mol. The first-order valence-corrected chi connectivity index (χ1v) is 11.1. The van der Waals surface area contributed by atoms with Crippen LogP contribution in [0.1, 0.15) is 12.8 Å². The monoisotopic (exact) mass is 509 g/mol. The zero-order chi connectivity index (χ0) is 25.2. The fourth-order valence-electron chi connectivity index (χ4n) is 3.80. The van der Waals surface area contributed by atoms with Gasteiger partial charge in [0.25, 0.3) is 0 Å². The second-order valence-corrected chi connectivity index (χ2v) is 8.45. The van der Waals surface area contributed by atoms with E-state index in [2.05, 4.69) is 25.7 Å². The van der Waals surface area contributed by atoms with E-state index in [0.29, 0.717) is 46.6 Å². The van der Waals surface area contributed by atoms with Crippen molar-refractivity contribution in [2.45, 2.75) is 25.1 Å². The summed E-state index contributed by atoms with van der Waals surface area (Å²) < 4.78 is 45.1. The fourth-order valence-corrected chi connectivity index (χ4v) is 4.05. The lowest BCUT2D eigenvalue weighted by Gasteiger charge is -2.33. The third kappa shape index (κ3) is 5.76. The number of carbonyl (C=O) groups excluding carboxylic acids is 1. The van der Waals surface area contributed by atoms with Gasteiger partial charge in [0.1, 0.15) is 11.6 Å². The second-order valence-electron chi connectivity index (χ2n) is 8.04. The highest BCUT2D eigenvalue weighted by Gasteiger charge is 2.43. The van der Waals surface area contributed by atoms with Gasteiger partial charge in [0.15, 0.2) is 0 Å². The Morgan fingerprint density at radius 1 is 1.23 bits per heavy atom. The van der Waals surface area contributed by atoms with Gasteiger partial charge in [-0.25, -0.2) is 4.98 Å². The highest BCUT2D eigenvalue weighted by atomic mass is 35.5. The molecule has 0 radical (unpaired) electrons. The molecule has 9 nitrogen and oxygen atoms in total. The van der Waals surface area contributed by atoms with Crippen LogP contribution in [0.4, 0.5) is 30.6 Å². The molecule has 1 amide bonds. The van der Waals surface area contributed by atoms with Crippen LogP contribution in [-0.2, 0) is 11.8 Å². The third-order valence-electron chi connectivity index (χ3n) is 5.58. The molecule has 13 heteroatoms. The van der Waals surface area contributed by atoms with Crippen molar-refractivity contribution in [2.24, 2.45) is 7.05 Å². The number of alkyl halides is 3. The number of rotatable bonds is 6. The summed E-state index contributed by atoms with van der Waals surface area (Å²) in [5.74, 6) is -0.483. The number of carbonyl (C=O) groups is 1. The first kappa shape index (κ1) is 24.6. The molecule has 1 aliphatic rings. The largest absolute Gasteiger partial charge is 0.495 e. The van der Waals surface area contributed by atoms with Gasteiger partial charge in [-0.15, -0.1) is 0 Å². The number of halogens is 4. The van der Waals surface area contributed by atoms with Crippen LogP contribution in [-0.4, -0.2) is 63.0 Å². The molecule has 1 saturated heterocycles. The summed E-state index contributed by atoms with van der Waals surface area (Å²) >= 11 is 6.20. The van der Waals surface area contributed by atoms with Crippen LogP contribution in [0.2, 0.25) is 5.02 Å². The van der Waals surface area contributed by atoms with Gasteiger partial charge in [0, 0.05) is 55.4 Å². The molecule has 3 aromatic rings. The van der Waals surface area contributed by atoms with E-state index in [4.69, 9.17) is 16.3 Å². The summed E-state index contributed by atoms with van der Waals surface area (Å²) in [7, 11) is 3.31. The average Bonchev–Trinajstić information content (AvgIpc) is 3.25. The van der Waals surface area contributed by atoms with Crippen LogP contribution in [0.3, 0.4) is 0 Å². The van der Waals surface area contributed by atoms with Crippen molar-refractivity contribution in [3.8, 4) is 16.9 Å². The van der Waals surface area contributed by atoms with Crippen LogP contribution in [0.15, 0.2) is 36.8 Å². The molecule has 0 atom stereocenters. The van der Waals surface area contributed by atoms with Crippen molar-refractivity contribution in [2.75, 3.05) is 30.8 Å². The van der Waals surface area contributed by atoms with E-state index in [1.807, 2.05) is 6.20 Å². The van der Waals surface area contributed by atoms with Gasteiger partial charge >= 0.3 is 12.1 Å². The Labute approximate surface area is 204 Å². The molecule has 0 bridgehead atoms. The molecule has 1 aromatic carbocycles. The van der Waals surface area contributed by atoms with Gasteiger partial charge in [-0.05, 0) is 31.0 Å². The standard InChI is InChI=1S/C22H23ClF3N7O2/c1-32-12-13(10-28-32)16-11-27-21(30-15-3-4-18(35-2)17(23)9-15)31-19(16)29-14-5-7-33(8-6-14)20(34)22(24,25)26/h3-4,9-12,14H,5-8H2,1-2H3,(H2,27,29,30,31). The predicted octanol–water partition coefficient (Wildman–Crippen LogP) is 4.25. The van der Waals surface area contributed by atoms with E-state index in [-0.39, 0.29) is 19.1 Å². The first-order valence-electron chi connectivity index (χ1n) is 10.7. The number of anilines is 3. The Balaban J connectivity index is 1.54. The minimum Gasteiger partial charge on any atom is -0.495 e. The molecule has 0 unspecified atom stereocenters. The number of aromatic nitrogens is 4. The number of benzene rings is 1. The summed E-state index contributed by atoms with van der Waals surface area (Å²) in [4.78, 5) is 21.4. The molecular formula is C22H23ClF3N7O2. The second kappa shape index (κ2) is 9.98. The van der Waals surface area contributed by atoms with E-state index in [0.717, 1.165) is 10.5 Å². The number of hydrogen-bond acceptors (Lipinski definition) is 7. The molecule has 1 fully saturated rings. The van der Waals surface area contributed by atoms with E-state index in [1.165, 1.54) is 7.11 Å². The van der Waals surface area contributed by atoms with Crippen molar-refractivity contribution in [1.82, 2.24) is 24.6 Å². The zero-order valence-corrected chi connectivity index (χ0v) is 19.7. The SMILES string of the molecule is COc1ccc(Nc2ncc(-c3cnn(C)c3)c(NC3CCN(C(=O)C(F)(F)F)CC3)n2)cc1Cl. The van der Waals surface area contributed by atoms with Gasteiger partial charge in [0.2, 0.25) is 5.95 Å². The number of aryl methyl sites for hydroxylation is 1. The van der Waals surface area contributed by atoms with Crippen LogP contribution in [0.5, 0.6) is 5.75 Å². The number of likely N-dealkylation sites (tertiary alicyclic amines) is 1. The lowest BCUT2D eigenvalue weighted by molar-refractivity contribution is -0.186. The van der Waals surface area contributed by atoms with Crippen LogP contribution >= 0.6 is 11.6 Å². The van der Waals surface area contributed by atoms with Gasteiger partial charge < -0.3 is 20.3 Å². The minimum atomic E-state index is -4.87. The summed E-state index contributed by atoms with van der Waals surface area (Å²) in [6.45, 7) is -0.00243. The quantitative estimate of drug-likeness (QED) is 0.513. The van der Waals surface area contributed by atoms with E-state index in [1.54, 1.807) is 42.3 Å². The van der Waals surface area contributed by atoms with Gasteiger partial charge in [-0.1, -0.05) is 11.6 Å². The van der Waals surface area contributed by atoms with Crippen LogP contribution in [0, 0.1) is 0 Å². The number of piperidine rings is 1. The average molecular weight is 510 g/mol. The third-order valence-corrected chi connectivity index (χ3v) is 5.87. The first-order chi connectivity index (χ1) is 16.6. The van der Waals surface area contributed by atoms with Crippen molar-refractivity contribution < 1.29 is 22.7 Å². The zero-order valence-electron chi connectivity index (χ0n) is 18.9. The topological polar surface area (TPSA) is 97.2 Å². The molecule has 3 heterocycles. The molecule has 4 rings (SSSR count). The predicted molar refractivity (Wildman–Crippen MR) is 125 cm³/mol. The van der Waals surface area contributed by atoms with Crippen LogP contribution in [0.25, 0.3) is 11.1 Å². The van der Waals surface area contributed by atoms with Crippen molar-refractivity contribution in [1.29, 1.82) is 0 Å². The highest BCUT2D eigenvalue weighted by Crippen LogP contribution is 2.31. The summed E-state index contributed by atoms with van der Waals surface area (Å²) in [5.41, 5.74) is 2.11. The Morgan fingerprint density at radius 3 is 2.57 bits per heavy atom. The Hall–Kier alpha value is -3.54. The molecule has 0 aliphatic carbocycles. The normalized spacial score (nSPS) is 14.6. The lowest BCUT2D eigenvalue weighted by atomic mass is 10.0. The van der Waals surface area contributed by atoms with Crippen molar-refractivity contribution >= 4 is 35.0 Å². The molecule has 2 N–H and O–H groups in total. The molecule has 0 saturated carbocycles. The smallest absolute Gasteiger partial charge is 0.471 e. The number of hydrogen-bond donors (Lipinski definition) is 2. The lowest BCUT2D eigenvalue weighted by Crippen LogP contribution is -2.47. The number of amides is 1. The Bertz CT molecular complexity index is 1210. The van der Waals surface area contributed by atoms with Crippen LogP contribution < -0.4 is 15.4 Å². The number of ether oxygens (including phenoxy) is 1. The summed E-state index contributed by atoms with van der Waals surface area (Å²) in [6, 6.07) is 4.98. The van der Waals surface area contributed by atoms with E-state index >= 15 is 0 Å². The van der Waals surface area contributed by atoms with E-state index < -0.39 is 12.1 Å². The highest BCUT2D eigenvalue weighted by molar-refractivity contribution is 6.32. The minimum absolute atomic E-state index is 0.00122. The maximum atomic E-state index is 12.8. The Morgan fingerprint density at radius 2 is 1.97 bits per heavy atom. The molecule has 0 spiro atoms. The van der Waals surface area contributed by atoms with Gasteiger partial charge in [-0.2, -0.15) is 23.3 Å². The molecule has 186 valence electrons. The van der Waals surface area contributed by atoms with Crippen molar-refractivity contribution in [3.05, 3.63) is 41.8 Å². The Kier molecular flexibility index (Phi) is 7.01. The van der Waals surface area contributed by atoms with Gasteiger partial charge in [0.05, 0.1) is 18.3 Å². The van der Waals surface area contributed by atoms with E-state index in [9.17, 15) is 18.0 Å². The van der Waals surface area contributed by atoms with Gasteiger partial charge in [-0.3, -0.25) is 9.48 Å². The summed E-state index contributed by atoms with van der Waals surface area (Å²) in [5, 5.41) is 11.0. The number of methoxy groups -OCH3 is 1. The fraction of sp³-hybridized carbons (Fsp3) is 0.364. The molecule has 2 aromatic heterocycles. The van der Waals surface area contributed by atoms with Crippen molar-refractivity contribution in [3.63, 3.8) is 0 Å². The number of nitrogens with one attached hydrogen (secondary N) is 2. The molecule has 1 aliphatic heterocycles. The summed E-state index contributed by atoms with van der Waals surface area (Å²) in [6.07, 6.45) is 0.938. The molecule has 35 heavy (non-hydrogen) atoms.